The molecular weight excluding hydrogens is 268 g/mol. The van der Waals surface area contributed by atoms with Crippen molar-refractivity contribution in [3.63, 3.8) is 0 Å². The topological polar surface area (TPSA) is 37.3 Å². The molecule has 0 aromatic heterocycles. The maximum atomic E-state index is 11.3. The molecule has 88 valence electrons. The minimum Gasteiger partial charge on any atom is -0.481 e. The molecule has 1 aromatic carbocycles. The molecule has 0 aliphatic heterocycles. The SMILES string of the molecule is CCCC(C)C(C(=O)O)c1cccc(Br)c1. The van der Waals surface area contributed by atoms with Crippen LogP contribution in [0, 0.1) is 5.92 Å². The monoisotopic (exact) mass is 284 g/mol. The maximum absolute atomic E-state index is 11.3. The van der Waals surface area contributed by atoms with E-state index in [9.17, 15) is 9.90 Å². The van der Waals surface area contributed by atoms with Crippen LogP contribution in [0.3, 0.4) is 0 Å². The van der Waals surface area contributed by atoms with Gasteiger partial charge in [0.25, 0.3) is 0 Å². The molecule has 16 heavy (non-hydrogen) atoms. The van der Waals surface area contributed by atoms with Crippen LogP contribution in [0.1, 0.15) is 38.2 Å². The number of rotatable bonds is 5. The highest BCUT2D eigenvalue weighted by atomic mass is 79.9. The van der Waals surface area contributed by atoms with Crippen LogP contribution < -0.4 is 0 Å². The van der Waals surface area contributed by atoms with E-state index in [2.05, 4.69) is 22.9 Å². The number of halogens is 1. The number of hydrogen-bond acceptors (Lipinski definition) is 1. The third kappa shape index (κ3) is 3.34. The van der Waals surface area contributed by atoms with Gasteiger partial charge >= 0.3 is 5.97 Å². The zero-order chi connectivity index (χ0) is 12.1. The fraction of sp³-hybridized carbons (Fsp3) is 0.462. The predicted molar refractivity (Wildman–Crippen MR) is 68.6 cm³/mol. The largest absolute Gasteiger partial charge is 0.481 e. The Morgan fingerprint density at radius 2 is 2.19 bits per heavy atom. The summed E-state index contributed by atoms with van der Waals surface area (Å²) in [5.41, 5.74) is 0.878. The van der Waals surface area contributed by atoms with E-state index in [0.717, 1.165) is 22.9 Å². The van der Waals surface area contributed by atoms with Gasteiger partial charge in [-0.2, -0.15) is 0 Å². The minimum atomic E-state index is -0.737. The van der Waals surface area contributed by atoms with Gasteiger partial charge < -0.3 is 5.11 Å². The van der Waals surface area contributed by atoms with Crippen molar-refractivity contribution in [2.45, 2.75) is 32.6 Å². The van der Waals surface area contributed by atoms with Crippen LogP contribution in [0.4, 0.5) is 0 Å². The quantitative estimate of drug-likeness (QED) is 0.886. The zero-order valence-electron chi connectivity index (χ0n) is 9.61. The zero-order valence-corrected chi connectivity index (χ0v) is 11.2. The van der Waals surface area contributed by atoms with E-state index < -0.39 is 11.9 Å². The molecule has 0 aliphatic carbocycles. The number of carboxylic acid groups (broad SMARTS) is 1. The van der Waals surface area contributed by atoms with E-state index in [0.29, 0.717) is 0 Å². The van der Waals surface area contributed by atoms with Gasteiger partial charge in [-0.1, -0.05) is 48.3 Å². The fourth-order valence-corrected chi connectivity index (χ4v) is 2.45. The molecule has 3 heteroatoms. The summed E-state index contributed by atoms with van der Waals surface area (Å²) in [4.78, 5) is 11.3. The third-order valence-electron chi connectivity index (χ3n) is 2.79. The van der Waals surface area contributed by atoms with Gasteiger partial charge in [0.2, 0.25) is 0 Å². The first kappa shape index (κ1) is 13.2. The Bertz CT molecular complexity index is 363. The van der Waals surface area contributed by atoms with Crippen molar-refractivity contribution in [2.24, 2.45) is 5.92 Å². The first-order valence-electron chi connectivity index (χ1n) is 5.54. The van der Waals surface area contributed by atoms with Crippen LogP contribution in [0.2, 0.25) is 0 Å². The predicted octanol–water partition coefficient (Wildman–Crippen LogP) is 4.05. The van der Waals surface area contributed by atoms with E-state index in [1.807, 2.05) is 31.2 Å². The Labute approximate surface area is 105 Å². The molecule has 0 aliphatic rings. The second-order valence-corrected chi connectivity index (χ2v) is 5.05. The third-order valence-corrected chi connectivity index (χ3v) is 3.28. The van der Waals surface area contributed by atoms with Crippen molar-refractivity contribution in [3.8, 4) is 0 Å². The lowest BCUT2D eigenvalue weighted by Crippen LogP contribution is -2.19. The molecule has 0 spiro atoms. The van der Waals surface area contributed by atoms with E-state index >= 15 is 0 Å². The van der Waals surface area contributed by atoms with Gasteiger partial charge in [-0.25, -0.2) is 0 Å². The van der Waals surface area contributed by atoms with Gasteiger partial charge in [-0.15, -0.1) is 0 Å². The van der Waals surface area contributed by atoms with Crippen molar-refractivity contribution in [1.82, 2.24) is 0 Å². The summed E-state index contributed by atoms with van der Waals surface area (Å²) in [6.07, 6.45) is 1.95. The normalized spacial score (nSPS) is 14.4. The average molecular weight is 285 g/mol. The molecule has 0 saturated carbocycles. The standard InChI is InChI=1S/C13H17BrO2/c1-3-5-9(2)12(13(15)16)10-6-4-7-11(14)8-10/h4,6-9,12H,3,5H2,1-2H3,(H,15,16). The molecule has 0 saturated heterocycles. The van der Waals surface area contributed by atoms with Crippen molar-refractivity contribution in [2.75, 3.05) is 0 Å². The van der Waals surface area contributed by atoms with Gasteiger partial charge in [0.15, 0.2) is 0 Å². The lowest BCUT2D eigenvalue weighted by atomic mass is 9.85. The highest BCUT2D eigenvalue weighted by molar-refractivity contribution is 9.10. The minimum absolute atomic E-state index is 0.164. The van der Waals surface area contributed by atoms with Crippen LogP contribution in [-0.4, -0.2) is 11.1 Å². The molecular formula is C13H17BrO2. The summed E-state index contributed by atoms with van der Waals surface area (Å²) in [7, 11) is 0. The first-order chi connectivity index (χ1) is 7.56. The fourth-order valence-electron chi connectivity index (χ4n) is 2.04. The van der Waals surface area contributed by atoms with Crippen LogP contribution in [0.25, 0.3) is 0 Å². The Morgan fingerprint density at radius 3 is 2.69 bits per heavy atom. The summed E-state index contributed by atoms with van der Waals surface area (Å²) in [6.45, 7) is 4.08. The Kier molecular flexibility index (Phi) is 5.00. The van der Waals surface area contributed by atoms with Crippen LogP contribution in [0.15, 0.2) is 28.7 Å². The number of benzene rings is 1. The van der Waals surface area contributed by atoms with Crippen LogP contribution >= 0.6 is 15.9 Å². The summed E-state index contributed by atoms with van der Waals surface area (Å²) in [5, 5.41) is 9.30. The van der Waals surface area contributed by atoms with E-state index in [1.165, 1.54) is 0 Å². The highest BCUT2D eigenvalue weighted by Gasteiger charge is 2.25. The van der Waals surface area contributed by atoms with Crippen LogP contribution in [0.5, 0.6) is 0 Å². The van der Waals surface area contributed by atoms with Crippen molar-refractivity contribution in [1.29, 1.82) is 0 Å². The average Bonchev–Trinajstić information content (AvgIpc) is 2.17. The van der Waals surface area contributed by atoms with Gasteiger partial charge in [0, 0.05) is 4.47 Å². The molecule has 0 bridgehead atoms. The summed E-state index contributed by atoms with van der Waals surface area (Å²) in [5.74, 6) is -0.978. The lowest BCUT2D eigenvalue weighted by molar-refractivity contribution is -0.140. The first-order valence-corrected chi connectivity index (χ1v) is 6.33. The van der Waals surface area contributed by atoms with E-state index in [4.69, 9.17) is 0 Å². The molecule has 0 heterocycles. The molecule has 0 radical (unpaired) electrons. The summed E-state index contributed by atoms with van der Waals surface area (Å²) >= 11 is 3.37. The smallest absolute Gasteiger partial charge is 0.311 e. The van der Waals surface area contributed by atoms with Gasteiger partial charge in [-0.05, 0) is 30.0 Å². The number of hydrogen-bond donors (Lipinski definition) is 1. The molecule has 2 unspecified atom stereocenters. The lowest BCUT2D eigenvalue weighted by Gasteiger charge is -2.20. The van der Waals surface area contributed by atoms with Crippen LogP contribution in [-0.2, 0) is 4.79 Å². The molecule has 0 fully saturated rings. The summed E-state index contributed by atoms with van der Waals surface area (Å²) in [6, 6.07) is 7.57. The van der Waals surface area contributed by atoms with E-state index in [1.54, 1.807) is 0 Å². The highest BCUT2D eigenvalue weighted by Crippen LogP contribution is 2.29. The number of aliphatic carboxylic acids is 1. The van der Waals surface area contributed by atoms with Crippen molar-refractivity contribution >= 4 is 21.9 Å². The molecule has 2 atom stereocenters. The molecule has 0 amide bonds. The Balaban J connectivity index is 2.98. The second kappa shape index (κ2) is 6.04. The Hall–Kier alpha value is -0.830. The molecule has 1 N–H and O–H groups in total. The van der Waals surface area contributed by atoms with Crippen molar-refractivity contribution < 1.29 is 9.90 Å². The summed E-state index contributed by atoms with van der Waals surface area (Å²) < 4.78 is 0.931. The molecule has 1 rings (SSSR count). The number of carbonyl (C=O) groups is 1. The Morgan fingerprint density at radius 1 is 1.50 bits per heavy atom. The maximum Gasteiger partial charge on any atom is 0.311 e. The molecule has 1 aromatic rings. The second-order valence-electron chi connectivity index (χ2n) is 4.14. The number of carboxylic acids is 1. The van der Waals surface area contributed by atoms with Gasteiger partial charge in [-0.3, -0.25) is 4.79 Å². The van der Waals surface area contributed by atoms with Gasteiger partial charge in [0.1, 0.15) is 0 Å². The van der Waals surface area contributed by atoms with E-state index in [-0.39, 0.29) is 5.92 Å². The van der Waals surface area contributed by atoms with Gasteiger partial charge in [0.05, 0.1) is 5.92 Å². The van der Waals surface area contributed by atoms with Crippen molar-refractivity contribution in [3.05, 3.63) is 34.3 Å². The molecule has 2 nitrogen and oxygen atoms in total.